The Labute approximate surface area is 105 Å². The number of hydrogen-bond donors (Lipinski definition) is 1. The van der Waals surface area contributed by atoms with Gasteiger partial charge < -0.3 is 14.4 Å². The van der Waals surface area contributed by atoms with E-state index in [2.05, 4.69) is 17.1 Å². The lowest BCUT2D eigenvalue weighted by Gasteiger charge is -2.30. The minimum Gasteiger partial charge on any atom is -0.465 e. The Morgan fingerprint density at radius 3 is 2.89 bits per heavy atom. The van der Waals surface area contributed by atoms with E-state index in [1.807, 2.05) is 16.8 Å². The van der Waals surface area contributed by atoms with Crippen LogP contribution in [0.15, 0.2) is 30.9 Å². The first-order chi connectivity index (χ1) is 8.74. The second kappa shape index (κ2) is 4.33. The number of rotatable bonds is 1. The normalized spacial score (nSPS) is 17.2. The highest BCUT2D eigenvalue weighted by Crippen LogP contribution is 2.28. The summed E-state index contributed by atoms with van der Waals surface area (Å²) in [6.07, 6.45) is 6.64. The molecule has 5 heteroatoms. The van der Waals surface area contributed by atoms with Crippen LogP contribution in [0, 0.1) is 0 Å². The average Bonchev–Trinajstić information content (AvgIpc) is 2.86. The minimum atomic E-state index is -0.806. The molecule has 3 rings (SSSR count). The van der Waals surface area contributed by atoms with Crippen molar-refractivity contribution in [1.29, 1.82) is 0 Å². The summed E-state index contributed by atoms with van der Waals surface area (Å²) in [6, 6.07) is 4.25. The van der Waals surface area contributed by atoms with Crippen molar-refractivity contribution in [2.75, 3.05) is 13.1 Å². The van der Waals surface area contributed by atoms with Gasteiger partial charge in [0.05, 0.1) is 18.0 Å². The van der Waals surface area contributed by atoms with Crippen molar-refractivity contribution in [2.24, 2.45) is 0 Å². The van der Waals surface area contributed by atoms with Crippen molar-refractivity contribution >= 4 is 11.6 Å². The Balaban J connectivity index is 1.77. The molecule has 1 aliphatic heterocycles. The lowest BCUT2D eigenvalue weighted by atomic mass is 9.90. The molecule has 2 aromatic rings. The summed E-state index contributed by atoms with van der Waals surface area (Å²) in [6.45, 7) is 1.26. The molecule has 1 saturated heterocycles. The number of imidazole rings is 1. The van der Waals surface area contributed by atoms with Gasteiger partial charge in [-0.1, -0.05) is 0 Å². The third kappa shape index (κ3) is 1.92. The van der Waals surface area contributed by atoms with Gasteiger partial charge in [-0.2, -0.15) is 0 Å². The zero-order valence-corrected chi connectivity index (χ0v) is 9.99. The van der Waals surface area contributed by atoms with Crippen LogP contribution in [0.4, 0.5) is 4.79 Å². The highest BCUT2D eigenvalue weighted by molar-refractivity contribution is 5.65. The Bertz CT molecular complexity index is 570. The van der Waals surface area contributed by atoms with Crippen molar-refractivity contribution in [3.8, 4) is 0 Å². The molecule has 18 heavy (non-hydrogen) atoms. The number of fused-ring (bicyclic) bond motifs is 1. The topological polar surface area (TPSA) is 57.8 Å². The van der Waals surface area contributed by atoms with Crippen molar-refractivity contribution in [1.82, 2.24) is 14.3 Å². The Morgan fingerprint density at radius 2 is 2.17 bits per heavy atom. The van der Waals surface area contributed by atoms with Crippen LogP contribution in [0.1, 0.15) is 24.3 Å². The van der Waals surface area contributed by atoms with Crippen molar-refractivity contribution in [3.63, 3.8) is 0 Å². The second-order valence-corrected chi connectivity index (χ2v) is 4.73. The molecule has 3 heterocycles. The van der Waals surface area contributed by atoms with E-state index in [9.17, 15) is 4.79 Å². The standard InChI is InChI=1S/C13H15N3O2/c17-13(18)15-4-1-10(2-5-15)11-3-6-16-9-14-8-12(16)7-11/h3,6-10H,1-2,4-5H2,(H,17,18). The van der Waals surface area contributed by atoms with Gasteiger partial charge in [-0.05, 0) is 36.5 Å². The molecule has 0 saturated carbocycles. The summed E-state index contributed by atoms with van der Waals surface area (Å²) in [7, 11) is 0. The fourth-order valence-corrected chi connectivity index (χ4v) is 2.59. The van der Waals surface area contributed by atoms with Gasteiger partial charge in [0, 0.05) is 19.3 Å². The SMILES string of the molecule is O=C(O)N1CCC(c2ccn3cncc3c2)CC1. The summed E-state index contributed by atoms with van der Waals surface area (Å²) in [5.41, 5.74) is 2.38. The molecular weight excluding hydrogens is 230 g/mol. The number of amides is 1. The first-order valence-corrected chi connectivity index (χ1v) is 6.13. The van der Waals surface area contributed by atoms with Crippen molar-refractivity contribution in [2.45, 2.75) is 18.8 Å². The average molecular weight is 245 g/mol. The number of carboxylic acid groups (broad SMARTS) is 1. The van der Waals surface area contributed by atoms with E-state index in [1.165, 1.54) is 10.5 Å². The molecule has 0 radical (unpaired) electrons. The van der Waals surface area contributed by atoms with Crippen molar-refractivity contribution in [3.05, 3.63) is 36.4 Å². The van der Waals surface area contributed by atoms with E-state index < -0.39 is 6.09 Å². The molecule has 5 nitrogen and oxygen atoms in total. The van der Waals surface area contributed by atoms with E-state index in [0.29, 0.717) is 19.0 Å². The Morgan fingerprint density at radius 1 is 1.39 bits per heavy atom. The van der Waals surface area contributed by atoms with E-state index in [0.717, 1.165) is 18.4 Å². The molecule has 2 aromatic heterocycles. The van der Waals surface area contributed by atoms with Crippen LogP contribution in [-0.4, -0.2) is 38.6 Å². The number of likely N-dealkylation sites (tertiary alicyclic amines) is 1. The van der Waals surface area contributed by atoms with Crippen LogP contribution in [0.2, 0.25) is 0 Å². The van der Waals surface area contributed by atoms with E-state index in [4.69, 9.17) is 5.11 Å². The van der Waals surface area contributed by atoms with Gasteiger partial charge >= 0.3 is 6.09 Å². The predicted octanol–water partition coefficient (Wildman–Crippen LogP) is 2.19. The van der Waals surface area contributed by atoms with Crippen LogP contribution < -0.4 is 0 Å². The van der Waals surface area contributed by atoms with Gasteiger partial charge in [0.2, 0.25) is 0 Å². The monoisotopic (exact) mass is 245 g/mol. The molecule has 1 fully saturated rings. The van der Waals surface area contributed by atoms with Crippen LogP contribution in [0.5, 0.6) is 0 Å². The molecule has 0 aliphatic carbocycles. The highest BCUT2D eigenvalue weighted by atomic mass is 16.4. The molecule has 0 atom stereocenters. The highest BCUT2D eigenvalue weighted by Gasteiger charge is 2.23. The maximum atomic E-state index is 10.9. The molecule has 0 unspecified atom stereocenters. The molecule has 0 aromatic carbocycles. The molecule has 0 bridgehead atoms. The Kier molecular flexibility index (Phi) is 2.66. The summed E-state index contributed by atoms with van der Waals surface area (Å²) in [5, 5.41) is 8.92. The molecule has 1 aliphatic rings. The van der Waals surface area contributed by atoms with E-state index in [-0.39, 0.29) is 0 Å². The second-order valence-electron chi connectivity index (χ2n) is 4.73. The Hall–Kier alpha value is -2.04. The minimum absolute atomic E-state index is 0.459. The number of hydrogen-bond acceptors (Lipinski definition) is 2. The smallest absolute Gasteiger partial charge is 0.407 e. The summed E-state index contributed by atoms with van der Waals surface area (Å²) >= 11 is 0. The number of carbonyl (C=O) groups is 1. The molecule has 0 spiro atoms. The third-order valence-electron chi connectivity index (χ3n) is 3.68. The van der Waals surface area contributed by atoms with Crippen molar-refractivity contribution < 1.29 is 9.90 Å². The van der Waals surface area contributed by atoms with Crippen LogP contribution in [0.25, 0.3) is 5.52 Å². The van der Waals surface area contributed by atoms with Gasteiger partial charge in [-0.25, -0.2) is 9.78 Å². The summed E-state index contributed by atoms with van der Waals surface area (Å²) < 4.78 is 1.98. The predicted molar refractivity (Wildman–Crippen MR) is 66.8 cm³/mol. The lowest BCUT2D eigenvalue weighted by Crippen LogP contribution is -2.36. The van der Waals surface area contributed by atoms with Gasteiger partial charge in [-0.3, -0.25) is 0 Å². The number of piperidine rings is 1. The van der Waals surface area contributed by atoms with Gasteiger partial charge in [0.15, 0.2) is 0 Å². The van der Waals surface area contributed by atoms with Crippen LogP contribution in [-0.2, 0) is 0 Å². The number of nitrogens with zero attached hydrogens (tertiary/aromatic N) is 3. The summed E-state index contributed by atoms with van der Waals surface area (Å²) in [4.78, 5) is 16.4. The molecule has 1 N–H and O–H groups in total. The molecule has 94 valence electrons. The fraction of sp³-hybridized carbons (Fsp3) is 0.385. The van der Waals surface area contributed by atoms with Crippen LogP contribution >= 0.6 is 0 Å². The maximum Gasteiger partial charge on any atom is 0.407 e. The number of pyridine rings is 1. The number of aromatic nitrogens is 2. The van der Waals surface area contributed by atoms with Crippen LogP contribution in [0.3, 0.4) is 0 Å². The van der Waals surface area contributed by atoms with Gasteiger partial charge in [0.25, 0.3) is 0 Å². The van der Waals surface area contributed by atoms with E-state index >= 15 is 0 Å². The van der Waals surface area contributed by atoms with Gasteiger partial charge in [-0.15, -0.1) is 0 Å². The first-order valence-electron chi connectivity index (χ1n) is 6.13. The van der Waals surface area contributed by atoms with Gasteiger partial charge in [0.1, 0.15) is 0 Å². The zero-order chi connectivity index (χ0) is 12.5. The zero-order valence-electron chi connectivity index (χ0n) is 9.99. The molecule has 1 amide bonds. The third-order valence-corrected chi connectivity index (χ3v) is 3.68. The first kappa shape index (κ1) is 11.1. The maximum absolute atomic E-state index is 10.9. The fourth-order valence-electron chi connectivity index (χ4n) is 2.59. The quantitative estimate of drug-likeness (QED) is 0.837. The lowest BCUT2D eigenvalue weighted by molar-refractivity contribution is 0.132. The summed E-state index contributed by atoms with van der Waals surface area (Å²) in [5.74, 6) is 0.459. The van der Waals surface area contributed by atoms with E-state index in [1.54, 1.807) is 6.33 Å². The largest absolute Gasteiger partial charge is 0.465 e. The molecular formula is C13H15N3O2.